The van der Waals surface area contributed by atoms with E-state index in [2.05, 4.69) is 13.8 Å². The number of ether oxygens (including phenoxy) is 1. The Morgan fingerprint density at radius 1 is 1.35 bits per heavy atom. The standard InChI is InChI=1S/C13H26N2O2/c1-9(2)10-6-11(14)8-15(7-10)12(16)17-13(3,4)5/h9-11H,6-8,14H2,1-5H3. The molecule has 0 radical (unpaired) electrons. The number of hydrogen-bond donors (Lipinski definition) is 1. The molecular weight excluding hydrogens is 216 g/mol. The summed E-state index contributed by atoms with van der Waals surface area (Å²) in [7, 11) is 0. The Kier molecular flexibility index (Phi) is 4.42. The molecule has 0 aliphatic carbocycles. The summed E-state index contributed by atoms with van der Waals surface area (Å²) in [5.41, 5.74) is 5.57. The molecule has 2 atom stereocenters. The zero-order valence-electron chi connectivity index (χ0n) is 11.7. The molecule has 0 spiro atoms. The van der Waals surface area contributed by atoms with Gasteiger partial charge in [-0.1, -0.05) is 13.8 Å². The first kappa shape index (κ1) is 14.3. The predicted octanol–water partition coefficient (Wildman–Crippen LogP) is 2.23. The van der Waals surface area contributed by atoms with Crippen LogP contribution in [0.2, 0.25) is 0 Å². The summed E-state index contributed by atoms with van der Waals surface area (Å²) in [6, 6.07) is 0.0728. The van der Waals surface area contributed by atoms with E-state index in [1.165, 1.54) is 0 Å². The zero-order chi connectivity index (χ0) is 13.2. The summed E-state index contributed by atoms with van der Waals surface area (Å²) < 4.78 is 5.39. The summed E-state index contributed by atoms with van der Waals surface area (Å²) in [4.78, 5) is 13.7. The van der Waals surface area contributed by atoms with Gasteiger partial charge < -0.3 is 15.4 Å². The van der Waals surface area contributed by atoms with Gasteiger partial charge in [0, 0.05) is 19.1 Å². The van der Waals surface area contributed by atoms with E-state index in [-0.39, 0.29) is 12.1 Å². The van der Waals surface area contributed by atoms with Gasteiger partial charge in [-0.25, -0.2) is 4.79 Å². The van der Waals surface area contributed by atoms with Gasteiger partial charge in [-0.2, -0.15) is 0 Å². The smallest absolute Gasteiger partial charge is 0.410 e. The van der Waals surface area contributed by atoms with Gasteiger partial charge in [-0.3, -0.25) is 0 Å². The molecular formula is C13H26N2O2. The Bertz CT molecular complexity index is 271. The molecule has 1 fully saturated rings. The van der Waals surface area contributed by atoms with E-state index in [1.807, 2.05) is 20.8 Å². The highest BCUT2D eigenvalue weighted by Crippen LogP contribution is 2.24. The molecule has 2 unspecified atom stereocenters. The second kappa shape index (κ2) is 5.25. The molecule has 1 aliphatic heterocycles. The summed E-state index contributed by atoms with van der Waals surface area (Å²) in [5, 5.41) is 0. The minimum Gasteiger partial charge on any atom is -0.444 e. The van der Waals surface area contributed by atoms with Crippen LogP contribution >= 0.6 is 0 Å². The highest BCUT2D eigenvalue weighted by Gasteiger charge is 2.32. The fraction of sp³-hybridized carbons (Fsp3) is 0.923. The summed E-state index contributed by atoms with van der Waals surface area (Å²) >= 11 is 0. The van der Waals surface area contributed by atoms with E-state index in [0.717, 1.165) is 13.0 Å². The van der Waals surface area contributed by atoms with Crippen molar-refractivity contribution in [2.75, 3.05) is 13.1 Å². The third-order valence-corrected chi connectivity index (χ3v) is 3.11. The Hall–Kier alpha value is -0.770. The average Bonchev–Trinajstić information content (AvgIpc) is 2.13. The molecule has 100 valence electrons. The first-order valence-corrected chi connectivity index (χ1v) is 6.42. The molecule has 0 aromatic rings. The van der Waals surface area contributed by atoms with Crippen LogP contribution in [-0.4, -0.2) is 35.7 Å². The second-order valence-corrected chi connectivity index (χ2v) is 6.39. The minimum absolute atomic E-state index is 0.0728. The number of piperidine rings is 1. The normalized spacial score (nSPS) is 26.2. The molecule has 0 aromatic heterocycles. The number of nitrogens with zero attached hydrogens (tertiary/aromatic N) is 1. The molecule has 1 saturated heterocycles. The van der Waals surface area contributed by atoms with Gasteiger partial charge in [0.2, 0.25) is 0 Å². The van der Waals surface area contributed by atoms with E-state index in [1.54, 1.807) is 4.90 Å². The molecule has 1 aliphatic rings. The van der Waals surface area contributed by atoms with Crippen LogP contribution in [0.5, 0.6) is 0 Å². The van der Waals surface area contributed by atoms with Gasteiger partial charge in [0.05, 0.1) is 0 Å². The molecule has 0 saturated carbocycles. The van der Waals surface area contributed by atoms with E-state index in [0.29, 0.717) is 18.4 Å². The first-order valence-electron chi connectivity index (χ1n) is 6.42. The number of nitrogens with two attached hydrogens (primary N) is 1. The van der Waals surface area contributed by atoms with Gasteiger partial charge >= 0.3 is 6.09 Å². The lowest BCUT2D eigenvalue weighted by atomic mass is 9.86. The van der Waals surface area contributed by atoms with Gasteiger partial charge in [0.15, 0.2) is 0 Å². The third-order valence-electron chi connectivity index (χ3n) is 3.11. The maximum absolute atomic E-state index is 12.0. The average molecular weight is 242 g/mol. The molecule has 0 bridgehead atoms. The molecule has 0 aromatic carbocycles. The monoisotopic (exact) mass is 242 g/mol. The van der Waals surface area contributed by atoms with Gasteiger partial charge in [-0.05, 0) is 39.0 Å². The Balaban J connectivity index is 2.61. The number of likely N-dealkylation sites (tertiary alicyclic amines) is 1. The Labute approximate surface area is 104 Å². The maximum atomic E-state index is 12.0. The fourth-order valence-electron chi connectivity index (χ4n) is 2.14. The summed E-state index contributed by atoms with van der Waals surface area (Å²) in [5.74, 6) is 1.03. The van der Waals surface area contributed by atoms with Crippen molar-refractivity contribution in [2.24, 2.45) is 17.6 Å². The van der Waals surface area contributed by atoms with Crippen LogP contribution in [-0.2, 0) is 4.74 Å². The van der Waals surface area contributed by atoms with Crippen LogP contribution < -0.4 is 5.73 Å². The van der Waals surface area contributed by atoms with Crippen molar-refractivity contribution in [2.45, 2.75) is 52.7 Å². The minimum atomic E-state index is -0.439. The first-order chi connectivity index (χ1) is 7.69. The molecule has 4 heteroatoms. The molecule has 1 amide bonds. The van der Waals surface area contributed by atoms with Crippen molar-refractivity contribution < 1.29 is 9.53 Å². The van der Waals surface area contributed by atoms with Crippen LogP contribution in [0.25, 0.3) is 0 Å². The third kappa shape index (κ3) is 4.54. The number of amides is 1. The molecule has 1 heterocycles. The van der Waals surface area contributed by atoms with E-state index >= 15 is 0 Å². The maximum Gasteiger partial charge on any atom is 0.410 e. The fourth-order valence-corrected chi connectivity index (χ4v) is 2.14. The highest BCUT2D eigenvalue weighted by molar-refractivity contribution is 5.68. The quantitative estimate of drug-likeness (QED) is 0.767. The molecule has 1 rings (SSSR count). The van der Waals surface area contributed by atoms with Gasteiger partial charge in [0.25, 0.3) is 0 Å². The van der Waals surface area contributed by atoms with Crippen LogP contribution in [0.1, 0.15) is 41.0 Å². The largest absolute Gasteiger partial charge is 0.444 e. The van der Waals surface area contributed by atoms with Crippen molar-refractivity contribution in [3.8, 4) is 0 Å². The van der Waals surface area contributed by atoms with Crippen LogP contribution in [0.4, 0.5) is 4.79 Å². The Morgan fingerprint density at radius 3 is 2.41 bits per heavy atom. The number of rotatable bonds is 1. The SMILES string of the molecule is CC(C)C1CC(N)CN(C(=O)OC(C)(C)C)C1. The lowest BCUT2D eigenvalue weighted by Gasteiger charge is -2.38. The molecule has 2 N–H and O–H groups in total. The van der Waals surface area contributed by atoms with Crippen LogP contribution in [0, 0.1) is 11.8 Å². The number of carbonyl (C=O) groups excluding carboxylic acids is 1. The van der Waals surface area contributed by atoms with Gasteiger partial charge in [0.1, 0.15) is 5.60 Å². The van der Waals surface area contributed by atoms with Crippen molar-refractivity contribution >= 4 is 6.09 Å². The van der Waals surface area contributed by atoms with Crippen molar-refractivity contribution in [3.05, 3.63) is 0 Å². The van der Waals surface area contributed by atoms with Crippen molar-refractivity contribution in [1.82, 2.24) is 4.90 Å². The predicted molar refractivity (Wildman–Crippen MR) is 68.7 cm³/mol. The number of carbonyl (C=O) groups is 1. The van der Waals surface area contributed by atoms with Crippen LogP contribution in [0.3, 0.4) is 0 Å². The van der Waals surface area contributed by atoms with E-state index in [9.17, 15) is 4.79 Å². The highest BCUT2D eigenvalue weighted by atomic mass is 16.6. The summed E-state index contributed by atoms with van der Waals surface area (Å²) in [6.45, 7) is 11.4. The number of hydrogen-bond acceptors (Lipinski definition) is 3. The van der Waals surface area contributed by atoms with Crippen molar-refractivity contribution in [1.29, 1.82) is 0 Å². The second-order valence-electron chi connectivity index (χ2n) is 6.39. The van der Waals surface area contributed by atoms with E-state index < -0.39 is 5.60 Å². The summed E-state index contributed by atoms with van der Waals surface area (Å²) in [6.07, 6.45) is 0.759. The van der Waals surface area contributed by atoms with Crippen LogP contribution in [0.15, 0.2) is 0 Å². The topological polar surface area (TPSA) is 55.6 Å². The molecule has 4 nitrogen and oxygen atoms in total. The lowest BCUT2D eigenvalue weighted by molar-refractivity contribution is 0.0116. The van der Waals surface area contributed by atoms with Gasteiger partial charge in [-0.15, -0.1) is 0 Å². The Morgan fingerprint density at radius 2 is 1.94 bits per heavy atom. The zero-order valence-corrected chi connectivity index (χ0v) is 11.7. The van der Waals surface area contributed by atoms with E-state index in [4.69, 9.17) is 10.5 Å². The van der Waals surface area contributed by atoms with Crippen molar-refractivity contribution in [3.63, 3.8) is 0 Å². The lowest BCUT2D eigenvalue weighted by Crippen LogP contribution is -2.51. The molecule has 17 heavy (non-hydrogen) atoms.